The minimum Gasteiger partial charge on any atom is -0.406 e. The molecule has 2 aliphatic rings. The number of rotatable bonds is 5. The number of hydrogen-bond donors (Lipinski definition) is 0. The molecule has 1 aromatic carbocycles. The van der Waals surface area contributed by atoms with Gasteiger partial charge in [-0.15, -0.1) is 13.2 Å². The highest BCUT2D eigenvalue weighted by Gasteiger charge is 2.35. The molecule has 1 saturated carbocycles. The summed E-state index contributed by atoms with van der Waals surface area (Å²) in [5.74, 6) is 0.212. The third kappa shape index (κ3) is 4.56. The van der Waals surface area contributed by atoms with Crippen LogP contribution in [0.1, 0.15) is 56.3 Å². The van der Waals surface area contributed by atoms with Gasteiger partial charge < -0.3 is 4.74 Å². The molecule has 12 heteroatoms. The molecule has 2 heterocycles. The molecule has 0 spiro atoms. The predicted molar refractivity (Wildman–Crippen MR) is 109 cm³/mol. The highest BCUT2D eigenvalue weighted by atomic mass is 32.2. The fourth-order valence-electron chi connectivity index (χ4n) is 4.60. The van der Waals surface area contributed by atoms with Gasteiger partial charge in [-0.3, -0.25) is 4.57 Å². The lowest BCUT2D eigenvalue weighted by Gasteiger charge is -2.31. The molecule has 1 aliphatic heterocycles. The molecule has 1 aromatic heterocycles. The molecule has 1 aliphatic carbocycles. The van der Waals surface area contributed by atoms with Gasteiger partial charge in [0.15, 0.2) is 0 Å². The van der Waals surface area contributed by atoms with Gasteiger partial charge in [-0.25, -0.2) is 17.9 Å². The highest BCUT2D eigenvalue weighted by Crippen LogP contribution is 2.35. The molecule has 0 radical (unpaired) electrons. The Morgan fingerprint density at radius 1 is 1.03 bits per heavy atom. The number of ether oxygens (including phenoxy) is 1. The Morgan fingerprint density at radius 2 is 1.62 bits per heavy atom. The van der Waals surface area contributed by atoms with E-state index in [9.17, 15) is 26.4 Å². The average Bonchev–Trinajstić information content (AvgIpc) is 3.36. The lowest BCUT2D eigenvalue weighted by atomic mass is 9.97. The largest absolute Gasteiger partial charge is 0.573 e. The standard InChI is InChI=1S/C20H25F3N4O4S/c1-25-19(28)27(15-4-2-3-5-15)18(24-25)14-10-12-26(13-11-14)32(29,30)17-8-6-16(7-9-17)31-20(21,22)23/h6-9,14-15H,2-5,10-13H2,1H3. The fraction of sp³-hybridized carbons (Fsp3) is 0.600. The van der Waals surface area contributed by atoms with E-state index in [1.54, 1.807) is 11.6 Å². The molecule has 0 atom stereocenters. The zero-order valence-corrected chi connectivity index (χ0v) is 18.4. The zero-order valence-electron chi connectivity index (χ0n) is 17.6. The van der Waals surface area contributed by atoms with Gasteiger partial charge in [-0.05, 0) is 49.9 Å². The number of hydrogen-bond acceptors (Lipinski definition) is 5. The Balaban J connectivity index is 1.47. The topological polar surface area (TPSA) is 86.4 Å². The van der Waals surface area contributed by atoms with E-state index in [0.717, 1.165) is 55.8 Å². The molecule has 2 aromatic rings. The molecule has 0 amide bonds. The Bertz CT molecular complexity index is 1110. The number of sulfonamides is 1. The van der Waals surface area contributed by atoms with E-state index in [0.29, 0.717) is 12.8 Å². The summed E-state index contributed by atoms with van der Waals surface area (Å²) in [5.41, 5.74) is -0.136. The van der Waals surface area contributed by atoms with Crippen LogP contribution in [0.5, 0.6) is 5.75 Å². The number of nitrogens with zero attached hydrogens (tertiary/aromatic N) is 4. The van der Waals surface area contributed by atoms with Crippen LogP contribution in [0.4, 0.5) is 13.2 Å². The van der Waals surface area contributed by atoms with Crippen molar-refractivity contribution in [3.63, 3.8) is 0 Å². The Labute approximate surface area is 183 Å². The minimum absolute atomic E-state index is 0.0292. The van der Waals surface area contributed by atoms with Gasteiger partial charge in [0, 0.05) is 32.1 Å². The normalized spacial score (nSPS) is 19.5. The van der Waals surface area contributed by atoms with E-state index in [-0.39, 0.29) is 35.6 Å². The first kappa shape index (κ1) is 22.8. The smallest absolute Gasteiger partial charge is 0.406 e. The molecule has 0 bridgehead atoms. The van der Waals surface area contributed by atoms with E-state index in [1.165, 1.54) is 8.99 Å². The van der Waals surface area contributed by atoms with Gasteiger partial charge in [0.1, 0.15) is 11.6 Å². The summed E-state index contributed by atoms with van der Waals surface area (Å²) in [6, 6.07) is 4.34. The van der Waals surface area contributed by atoms with Crippen LogP contribution in [0.15, 0.2) is 34.0 Å². The number of alkyl halides is 3. The summed E-state index contributed by atoms with van der Waals surface area (Å²) in [4.78, 5) is 12.5. The predicted octanol–water partition coefficient (Wildman–Crippen LogP) is 3.16. The Hall–Kier alpha value is -2.34. The lowest BCUT2D eigenvalue weighted by Crippen LogP contribution is -2.38. The lowest BCUT2D eigenvalue weighted by molar-refractivity contribution is -0.274. The summed E-state index contributed by atoms with van der Waals surface area (Å²) in [6.07, 6.45) is 0.228. The van der Waals surface area contributed by atoms with Crippen molar-refractivity contribution >= 4 is 10.0 Å². The number of piperidine rings is 1. The van der Waals surface area contributed by atoms with E-state index in [1.807, 2.05) is 0 Å². The van der Waals surface area contributed by atoms with Crippen LogP contribution in [0, 0.1) is 0 Å². The monoisotopic (exact) mass is 474 g/mol. The van der Waals surface area contributed by atoms with Crippen molar-refractivity contribution in [2.75, 3.05) is 13.1 Å². The maximum absolute atomic E-state index is 12.9. The van der Waals surface area contributed by atoms with Gasteiger partial charge >= 0.3 is 12.1 Å². The molecule has 176 valence electrons. The quantitative estimate of drug-likeness (QED) is 0.665. The first-order valence-corrected chi connectivity index (χ1v) is 12.0. The second-order valence-electron chi connectivity index (χ2n) is 8.27. The second kappa shape index (κ2) is 8.54. The van der Waals surface area contributed by atoms with Crippen molar-refractivity contribution in [1.29, 1.82) is 0 Å². The van der Waals surface area contributed by atoms with Crippen LogP contribution in [-0.4, -0.2) is 46.5 Å². The number of benzene rings is 1. The minimum atomic E-state index is -4.84. The van der Waals surface area contributed by atoms with E-state index < -0.39 is 22.1 Å². The zero-order chi connectivity index (χ0) is 23.1. The molecule has 0 unspecified atom stereocenters. The Morgan fingerprint density at radius 3 is 2.19 bits per heavy atom. The molecule has 1 saturated heterocycles. The van der Waals surface area contributed by atoms with Crippen molar-refractivity contribution in [3.8, 4) is 5.75 Å². The van der Waals surface area contributed by atoms with Crippen LogP contribution in [-0.2, 0) is 17.1 Å². The third-order valence-electron chi connectivity index (χ3n) is 6.19. The highest BCUT2D eigenvalue weighted by molar-refractivity contribution is 7.89. The van der Waals surface area contributed by atoms with Crippen molar-refractivity contribution in [2.45, 2.75) is 61.7 Å². The van der Waals surface area contributed by atoms with Gasteiger partial charge in [0.25, 0.3) is 0 Å². The summed E-state index contributed by atoms with van der Waals surface area (Å²) >= 11 is 0. The first-order chi connectivity index (χ1) is 15.1. The van der Waals surface area contributed by atoms with Crippen molar-refractivity contribution < 1.29 is 26.3 Å². The van der Waals surface area contributed by atoms with Gasteiger partial charge in [0.2, 0.25) is 10.0 Å². The van der Waals surface area contributed by atoms with Crippen LogP contribution in [0.25, 0.3) is 0 Å². The van der Waals surface area contributed by atoms with Gasteiger partial charge in [0.05, 0.1) is 4.90 Å². The second-order valence-corrected chi connectivity index (χ2v) is 10.2. The van der Waals surface area contributed by atoms with Gasteiger partial charge in [-0.2, -0.15) is 9.40 Å². The van der Waals surface area contributed by atoms with E-state index in [2.05, 4.69) is 9.84 Å². The van der Waals surface area contributed by atoms with Crippen LogP contribution in [0.3, 0.4) is 0 Å². The Kier molecular flexibility index (Phi) is 6.10. The SMILES string of the molecule is Cn1nc(C2CCN(S(=O)(=O)c3ccc(OC(F)(F)F)cc3)CC2)n(C2CCCC2)c1=O. The van der Waals surface area contributed by atoms with E-state index >= 15 is 0 Å². The van der Waals surface area contributed by atoms with Crippen molar-refractivity contribution in [1.82, 2.24) is 18.7 Å². The molecule has 8 nitrogen and oxygen atoms in total. The maximum atomic E-state index is 12.9. The summed E-state index contributed by atoms with van der Waals surface area (Å²) in [7, 11) is -2.23. The summed E-state index contributed by atoms with van der Waals surface area (Å²) in [5, 5.41) is 4.46. The third-order valence-corrected chi connectivity index (χ3v) is 8.10. The first-order valence-electron chi connectivity index (χ1n) is 10.6. The summed E-state index contributed by atoms with van der Waals surface area (Å²) in [6.45, 7) is 0.479. The number of aryl methyl sites for hydroxylation is 1. The average molecular weight is 475 g/mol. The molecule has 0 N–H and O–H groups in total. The van der Waals surface area contributed by atoms with Crippen molar-refractivity contribution in [2.24, 2.45) is 7.05 Å². The van der Waals surface area contributed by atoms with Gasteiger partial charge in [-0.1, -0.05) is 12.8 Å². The molecule has 32 heavy (non-hydrogen) atoms. The van der Waals surface area contributed by atoms with Crippen molar-refractivity contribution in [3.05, 3.63) is 40.6 Å². The molecular formula is C20H25F3N4O4S. The van der Waals surface area contributed by atoms with Crippen LogP contribution >= 0.6 is 0 Å². The molecule has 4 rings (SSSR count). The maximum Gasteiger partial charge on any atom is 0.573 e. The van der Waals surface area contributed by atoms with E-state index in [4.69, 9.17) is 0 Å². The van der Waals surface area contributed by atoms with Crippen LogP contribution < -0.4 is 10.4 Å². The molecule has 2 fully saturated rings. The number of halogens is 3. The summed E-state index contributed by atoms with van der Waals surface area (Å²) < 4.78 is 71.1. The van der Waals surface area contributed by atoms with Crippen LogP contribution in [0.2, 0.25) is 0 Å². The number of aromatic nitrogens is 3. The fourth-order valence-corrected chi connectivity index (χ4v) is 6.07. The molecular weight excluding hydrogens is 449 g/mol.